The molecule has 5 nitrogen and oxygen atoms in total. The Labute approximate surface area is 145 Å². The molecule has 0 unspecified atom stereocenters. The van der Waals surface area contributed by atoms with Gasteiger partial charge in [-0.05, 0) is 29.6 Å². The van der Waals surface area contributed by atoms with Crippen LogP contribution in [0.3, 0.4) is 0 Å². The Bertz CT molecular complexity index is 785. The maximum Gasteiger partial charge on any atom is 0.344 e. The van der Waals surface area contributed by atoms with E-state index in [2.05, 4.69) is 20.9 Å². The van der Waals surface area contributed by atoms with Crippen LogP contribution in [0.2, 0.25) is 0 Å². The van der Waals surface area contributed by atoms with Crippen molar-refractivity contribution in [3.63, 3.8) is 0 Å². The van der Waals surface area contributed by atoms with Gasteiger partial charge in [-0.25, -0.2) is 9.78 Å². The highest BCUT2D eigenvalue weighted by molar-refractivity contribution is 9.10. The molecular weight excluding hydrogens is 382 g/mol. The highest BCUT2D eigenvalue weighted by atomic mass is 79.9. The summed E-state index contributed by atoms with van der Waals surface area (Å²) in [4.78, 5) is 16.9. The predicted molar refractivity (Wildman–Crippen MR) is 89.2 cm³/mol. The summed E-state index contributed by atoms with van der Waals surface area (Å²) in [6, 6.07) is 11.1. The molecule has 0 N–H and O–H groups in total. The summed E-state index contributed by atoms with van der Waals surface area (Å²) >= 11 is 4.87. The number of esters is 1. The molecule has 2 aromatic heterocycles. The van der Waals surface area contributed by atoms with Gasteiger partial charge in [0.25, 0.3) is 0 Å². The van der Waals surface area contributed by atoms with Crippen molar-refractivity contribution < 1.29 is 18.7 Å². The molecule has 0 saturated heterocycles. The van der Waals surface area contributed by atoms with Gasteiger partial charge in [0.2, 0.25) is 5.89 Å². The van der Waals surface area contributed by atoms with Gasteiger partial charge in [-0.15, -0.1) is 11.3 Å². The highest BCUT2D eigenvalue weighted by Crippen LogP contribution is 2.23. The Hall–Kier alpha value is -2.12. The largest absolute Gasteiger partial charge is 0.482 e. The standard InChI is InChI=1S/C16H12BrNO4S/c17-11-3-1-4-13(7-11)20-10-15(19)21-8-12-9-22-16(18-12)14-5-2-6-23-14/h1-7,9H,8,10H2. The fraction of sp³-hybridized carbons (Fsp3) is 0.125. The number of carbonyl (C=O) groups is 1. The number of hydrogen-bond donors (Lipinski definition) is 0. The molecule has 3 rings (SSSR count). The van der Waals surface area contributed by atoms with Crippen molar-refractivity contribution in [2.45, 2.75) is 6.61 Å². The van der Waals surface area contributed by atoms with Gasteiger partial charge in [0, 0.05) is 4.47 Å². The van der Waals surface area contributed by atoms with Gasteiger partial charge in [0.05, 0.1) is 4.88 Å². The fourth-order valence-corrected chi connectivity index (χ4v) is 2.82. The molecule has 118 valence electrons. The molecule has 0 fully saturated rings. The number of benzene rings is 1. The van der Waals surface area contributed by atoms with E-state index in [-0.39, 0.29) is 13.2 Å². The molecular formula is C16H12BrNO4S. The second-order valence-electron chi connectivity index (χ2n) is 4.53. The number of nitrogens with zero attached hydrogens (tertiary/aromatic N) is 1. The molecule has 3 aromatic rings. The molecule has 0 atom stereocenters. The minimum Gasteiger partial charge on any atom is -0.482 e. The maximum absolute atomic E-state index is 11.7. The molecule has 0 radical (unpaired) electrons. The van der Waals surface area contributed by atoms with Crippen LogP contribution >= 0.6 is 27.3 Å². The summed E-state index contributed by atoms with van der Waals surface area (Å²) in [7, 11) is 0. The van der Waals surface area contributed by atoms with Crippen LogP contribution in [0.4, 0.5) is 0 Å². The fourth-order valence-electron chi connectivity index (χ4n) is 1.78. The lowest BCUT2D eigenvalue weighted by Crippen LogP contribution is -2.14. The Morgan fingerprint density at radius 2 is 2.22 bits per heavy atom. The first-order valence-corrected chi connectivity index (χ1v) is 8.40. The van der Waals surface area contributed by atoms with E-state index in [1.807, 2.05) is 29.6 Å². The SMILES string of the molecule is O=C(COc1cccc(Br)c1)OCc1coc(-c2cccs2)n1. The Morgan fingerprint density at radius 1 is 1.30 bits per heavy atom. The van der Waals surface area contributed by atoms with E-state index in [4.69, 9.17) is 13.9 Å². The normalized spacial score (nSPS) is 10.5. The summed E-state index contributed by atoms with van der Waals surface area (Å²) in [6.07, 6.45) is 1.48. The van der Waals surface area contributed by atoms with E-state index in [0.29, 0.717) is 17.3 Å². The van der Waals surface area contributed by atoms with Crippen molar-refractivity contribution in [2.24, 2.45) is 0 Å². The molecule has 0 aliphatic heterocycles. The first-order valence-electron chi connectivity index (χ1n) is 6.73. The van der Waals surface area contributed by atoms with Crippen molar-refractivity contribution >= 4 is 33.2 Å². The zero-order valence-corrected chi connectivity index (χ0v) is 14.3. The first-order chi connectivity index (χ1) is 11.2. The van der Waals surface area contributed by atoms with Gasteiger partial charge in [-0.3, -0.25) is 0 Å². The number of halogens is 1. The number of oxazole rings is 1. The van der Waals surface area contributed by atoms with E-state index in [1.165, 1.54) is 17.6 Å². The lowest BCUT2D eigenvalue weighted by atomic mass is 10.3. The number of carbonyl (C=O) groups excluding carboxylic acids is 1. The molecule has 2 heterocycles. The first kappa shape index (κ1) is 15.8. The van der Waals surface area contributed by atoms with E-state index in [1.54, 1.807) is 12.1 Å². The van der Waals surface area contributed by atoms with Crippen LogP contribution in [0, 0.1) is 0 Å². The molecule has 0 aliphatic carbocycles. The zero-order chi connectivity index (χ0) is 16.1. The number of ether oxygens (including phenoxy) is 2. The van der Waals surface area contributed by atoms with Gasteiger partial charge in [0.1, 0.15) is 24.3 Å². The van der Waals surface area contributed by atoms with Crippen molar-refractivity contribution in [2.75, 3.05) is 6.61 Å². The summed E-state index contributed by atoms with van der Waals surface area (Å²) in [5.41, 5.74) is 0.559. The maximum atomic E-state index is 11.7. The van der Waals surface area contributed by atoms with Crippen LogP contribution in [-0.4, -0.2) is 17.6 Å². The van der Waals surface area contributed by atoms with Crippen LogP contribution in [0.25, 0.3) is 10.8 Å². The van der Waals surface area contributed by atoms with Gasteiger partial charge < -0.3 is 13.9 Å². The topological polar surface area (TPSA) is 61.6 Å². The van der Waals surface area contributed by atoms with Crippen LogP contribution < -0.4 is 4.74 Å². The minimum atomic E-state index is -0.467. The number of aromatic nitrogens is 1. The quantitative estimate of drug-likeness (QED) is 0.584. The minimum absolute atomic E-state index is 0.0511. The third-order valence-corrected chi connectivity index (χ3v) is 4.17. The lowest BCUT2D eigenvalue weighted by Gasteiger charge is -2.06. The van der Waals surface area contributed by atoms with Crippen molar-refractivity contribution in [3.8, 4) is 16.5 Å². The average molecular weight is 394 g/mol. The summed E-state index contributed by atoms with van der Waals surface area (Å²) < 4.78 is 16.7. The van der Waals surface area contributed by atoms with Crippen LogP contribution in [-0.2, 0) is 16.1 Å². The summed E-state index contributed by atoms with van der Waals surface area (Å²) in [5, 5.41) is 1.94. The number of hydrogen-bond acceptors (Lipinski definition) is 6. The van der Waals surface area contributed by atoms with Crippen molar-refractivity contribution in [1.29, 1.82) is 0 Å². The molecule has 23 heavy (non-hydrogen) atoms. The van der Waals surface area contributed by atoms with E-state index in [9.17, 15) is 4.79 Å². The predicted octanol–water partition coefficient (Wildman–Crippen LogP) is 4.29. The molecule has 0 bridgehead atoms. The molecule has 0 spiro atoms. The summed E-state index contributed by atoms with van der Waals surface area (Å²) in [5.74, 6) is 0.653. The van der Waals surface area contributed by atoms with Crippen LogP contribution in [0.5, 0.6) is 5.75 Å². The van der Waals surface area contributed by atoms with Gasteiger partial charge in [-0.2, -0.15) is 0 Å². The lowest BCUT2D eigenvalue weighted by molar-refractivity contribution is -0.147. The van der Waals surface area contributed by atoms with Crippen LogP contribution in [0.15, 0.2) is 56.9 Å². The Kier molecular flexibility index (Phi) is 5.09. The number of thiophene rings is 1. The Balaban J connectivity index is 1.47. The average Bonchev–Trinajstić information content (AvgIpc) is 3.22. The van der Waals surface area contributed by atoms with Gasteiger partial charge in [-0.1, -0.05) is 28.1 Å². The van der Waals surface area contributed by atoms with Crippen molar-refractivity contribution in [1.82, 2.24) is 4.98 Å². The number of rotatable bonds is 6. The summed E-state index contributed by atoms with van der Waals surface area (Å²) in [6.45, 7) is -0.109. The molecule has 0 saturated carbocycles. The molecule has 0 aliphatic rings. The molecule has 7 heteroatoms. The van der Waals surface area contributed by atoms with Crippen LogP contribution in [0.1, 0.15) is 5.69 Å². The zero-order valence-electron chi connectivity index (χ0n) is 11.9. The third kappa shape index (κ3) is 4.43. The van der Waals surface area contributed by atoms with Crippen molar-refractivity contribution in [3.05, 3.63) is 58.2 Å². The molecule has 0 amide bonds. The van der Waals surface area contributed by atoms with E-state index >= 15 is 0 Å². The van der Waals surface area contributed by atoms with Gasteiger partial charge >= 0.3 is 5.97 Å². The molecule has 1 aromatic carbocycles. The van der Waals surface area contributed by atoms with Gasteiger partial charge in [0.15, 0.2) is 6.61 Å². The highest BCUT2D eigenvalue weighted by Gasteiger charge is 2.10. The monoisotopic (exact) mass is 393 g/mol. The Morgan fingerprint density at radius 3 is 3.00 bits per heavy atom. The third-order valence-electron chi connectivity index (χ3n) is 2.82. The second kappa shape index (κ2) is 7.43. The second-order valence-corrected chi connectivity index (χ2v) is 6.39. The van der Waals surface area contributed by atoms with E-state index < -0.39 is 5.97 Å². The van der Waals surface area contributed by atoms with E-state index in [0.717, 1.165) is 9.35 Å². The smallest absolute Gasteiger partial charge is 0.344 e.